The molecule has 8 heteroatoms. The zero-order valence-electron chi connectivity index (χ0n) is 16.5. The zero-order valence-corrected chi connectivity index (χ0v) is 18.1. The summed E-state index contributed by atoms with van der Waals surface area (Å²) in [5.74, 6) is -0.00868. The van der Waals surface area contributed by atoms with Gasteiger partial charge in [0.25, 0.3) is 5.91 Å². The Labute approximate surface area is 179 Å². The lowest BCUT2D eigenvalue weighted by molar-refractivity contribution is 0.0374. The summed E-state index contributed by atoms with van der Waals surface area (Å²) in [6.07, 6.45) is 0.944. The number of carbonyl (C=O) groups excluding carboxylic acids is 1. The van der Waals surface area contributed by atoms with Crippen LogP contribution < -0.4 is 5.32 Å². The Bertz CT molecular complexity index is 977. The molecule has 2 aromatic heterocycles. The number of hydrogen-bond donors (Lipinski definition) is 1. The third-order valence-electron chi connectivity index (χ3n) is 5.12. The van der Waals surface area contributed by atoms with Crippen molar-refractivity contribution < 1.29 is 9.53 Å². The van der Waals surface area contributed by atoms with Crippen molar-refractivity contribution in [3.63, 3.8) is 0 Å². The van der Waals surface area contributed by atoms with E-state index in [0.29, 0.717) is 13.1 Å². The molecule has 4 rings (SSSR count). The van der Waals surface area contributed by atoms with E-state index < -0.39 is 0 Å². The number of rotatable bonds is 7. The third kappa shape index (κ3) is 4.98. The van der Waals surface area contributed by atoms with Crippen LogP contribution in [0.25, 0.3) is 10.2 Å². The molecule has 0 saturated carbocycles. The summed E-state index contributed by atoms with van der Waals surface area (Å²) in [6.45, 7) is 7.88. The van der Waals surface area contributed by atoms with E-state index in [4.69, 9.17) is 16.3 Å². The number of nitrogens with zero attached hydrogens (tertiary/aromatic N) is 3. The highest BCUT2D eigenvalue weighted by atomic mass is 35.5. The molecule has 6 nitrogen and oxygen atoms in total. The monoisotopic (exact) mass is 432 g/mol. The first kappa shape index (κ1) is 20.3. The van der Waals surface area contributed by atoms with Crippen LogP contribution in [0.4, 0.5) is 0 Å². The Morgan fingerprint density at radius 1 is 1.28 bits per heavy atom. The largest absolute Gasteiger partial charge is 0.379 e. The van der Waals surface area contributed by atoms with Gasteiger partial charge >= 0.3 is 0 Å². The maximum atomic E-state index is 12.6. The second kappa shape index (κ2) is 9.26. The van der Waals surface area contributed by atoms with Gasteiger partial charge in [-0.05, 0) is 43.7 Å². The van der Waals surface area contributed by atoms with E-state index in [-0.39, 0.29) is 5.91 Å². The quantitative estimate of drug-likeness (QED) is 0.580. The first-order chi connectivity index (χ1) is 14.1. The second-order valence-electron chi connectivity index (χ2n) is 7.26. The number of halogens is 1. The Morgan fingerprint density at radius 2 is 2.03 bits per heavy atom. The molecule has 1 amide bonds. The summed E-state index contributed by atoms with van der Waals surface area (Å²) in [5.41, 5.74) is 2.07. The summed E-state index contributed by atoms with van der Waals surface area (Å²) in [6, 6.07) is 9.73. The molecular weight excluding hydrogens is 408 g/mol. The van der Waals surface area contributed by atoms with Crippen LogP contribution in [-0.4, -0.2) is 60.0 Å². The molecule has 29 heavy (non-hydrogen) atoms. The van der Waals surface area contributed by atoms with Gasteiger partial charge in [0.1, 0.15) is 4.83 Å². The second-order valence-corrected chi connectivity index (χ2v) is 8.73. The first-order valence-electron chi connectivity index (χ1n) is 9.90. The number of carbonyl (C=O) groups is 1. The van der Waals surface area contributed by atoms with Gasteiger partial charge in [0.05, 0.1) is 30.3 Å². The Balaban J connectivity index is 1.37. The molecule has 154 valence electrons. The minimum Gasteiger partial charge on any atom is -0.379 e. The molecule has 1 N–H and O–H groups in total. The summed E-state index contributed by atoms with van der Waals surface area (Å²) < 4.78 is 7.33. The van der Waals surface area contributed by atoms with Gasteiger partial charge in [0, 0.05) is 30.0 Å². The fourth-order valence-electron chi connectivity index (χ4n) is 3.51. The number of aromatic nitrogens is 2. The van der Waals surface area contributed by atoms with Crippen LogP contribution >= 0.6 is 22.9 Å². The minimum atomic E-state index is -0.00868. The molecule has 3 aromatic rings. The molecule has 3 heterocycles. The molecule has 1 aliphatic rings. The summed E-state index contributed by atoms with van der Waals surface area (Å²) in [4.78, 5) is 16.7. The average molecular weight is 433 g/mol. The highest BCUT2D eigenvalue weighted by Gasteiger charge is 2.16. The van der Waals surface area contributed by atoms with E-state index >= 15 is 0 Å². The zero-order chi connectivity index (χ0) is 20.2. The van der Waals surface area contributed by atoms with Gasteiger partial charge in [-0.2, -0.15) is 5.10 Å². The van der Waals surface area contributed by atoms with E-state index in [1.807, 2.05) is 41.9 Å². The lowest BCUT2D eigenvalue weighted by Gasteiger charge is -2.26. The van der Waals surface area contributed by atoms with Crippen molar-refractivity contribution in [3.8, 4) is 0 Å². The SMILES string of the molecule is Cc1nn(Cc2ccc(Cl)cc2)c2sc(C(=O)NCCCN3CCOCC3)cc12. The maximum Gasteiger partial charge on any atom is 0.261 e. The Morgan fingerprint density at radius 3 is 2.79 bits per heavy atom. The number of benzene rings is 1. The Kier molecular flexibility index (Phi) is 6.50. The number of fused-ring (bicyclic) bond motifs is 1. The van der Waals surface area contributed by atoms with E-state index in [0.717, 1.165) is 70.6 Å². The number of thiophene rings is 1. The van der Waals surface area contributed by atoms with Crippen molar-refractivity contribution in [1.82, 2.24) is 20.0 Å². The predicted molar refractivity (Wildman–Crippen MR) is 117 cm³/mol. The van der Waals surface area contributed by atoms with Gasteiger partial charge in [0.15, 0.2) is 0 Å². The standard InChI is InChI=1S/C21H25ClN4O2S/c1-15-18-13-19(20(27)23-7-2-8-25-9-11-28-12-10-25)29-21(18)26(24-15)14-16-3-5-17(22)6-4-16/h3-6,13H,2,7-12,14H2,1H3,(H,23,27). The van der Waals surface area contributed by atoms with Crippen LogP contribution in [0, 0.1) is 6.92 Å². The van der Waals surface area contributed by atoms with E-state index in [1.54, 1.807) is 0 Å². The minimum absolute atomic E-state index is 0.00868. The van der Waals surface area contributed by atoms with Gasteiger partial charge < -0.3 is 10.1 Å². The normalized spacial score (nSPS) is 15.1. The number of aryl methyl sites for hydroxylation is 1. The molecule has 0 spiro atoms. The van der Waals surface area contributed by atoms with Crippen LogP contribution in [0.1, 0.15) is 27.3 Å². The number of hydrogen-bond acceptors (Lipinski definition) is 5. The molecule has 0 bridgehead atoms. The van der Waals surface area contributed by atoms with Crippen LogP contribution in [-0.2, 0) is 11.3 Å². The van der Waals surface area contributed by atoms with Crippen LogP contribution in [0.3, 0.4) is 0 Å². The molecule has 1 saturated heterocycles. The number of amides is 1. The fraction of sp³-hybridized carbons (Fsp3) is 0.429. The first-order valence-corrected chi connectivity index (χ1v) is 11.1. The number of morpholine rings is 1. The molecule has 0 aliphatic carbocycles. The average Bonchev–Trinajstić information content (AvgIpc) is 3.29. The molecule has 1 fully saturated rings. The van der Waals surface area contributed by atoms with E-state index in [1.165, 1.54) is 11.3 Å². The number of nitrogens with one attached hydrogen (secondary N) is 1. The summed E-state index contributed by atoms with van der Waals surface area (Å²) >= 11 is 7.47. The molecule has 0 unspecified atom stereocenters. The molecule has 0 atom stereocenters. The highest BCUT2D eigenvalue weighted by molar-refractivity contribution is 7.20. The summed E-state index contributed by atoms with van der Waals surface area (Å²) in [5, 5.41) is 9.46. The van der Waals surface area contributed by atoms with Gasteiger partial charge in [-0.1, -0.05) is 23.7 Å². The molecule has 0 radical (unpaired) electrons. The van der Waals surface area contributed by atoms with E-state index in [2.05, 4.69) is 15.3 Å². The smallest absolute Gasteiger partial charge is 0.261 e. The van der Waals surface area contributed by atoms with Crippen molar-refractivity contribution in [3.05, 3.63) is 51.5 Å². The number of ether oxygens (including phenoxy) is 1. The lowest BCUT2D eigenvalue weighted by Crippen LogP contribution is -2.38. The highest BCUT2D eigenvalue weighted by Crippen LogP contribution is 2.29. The lowest BCUT2D eigenvalue weighted by atomic mass is 10.2. The van der Waals surface area contributed by atoms with Gasteiger partial charge in [-0.15, -0.1) is 11.3 Å². The fourth-order valence-corrected chi connectivity index (χ4v) is 4.71. The summed E-state index contributed by atoms with van der Waals surface area (Å²) in [7, 11) is 0. The van der Waals surface area contributed by atoms with Crippen molar-refractivity contribution in [2.24, 2.45) is 0 Å². The molecule has 1 aliphatic heterocycles. The van der Waals surface area contributed by atoms with Crippen molar-refractivity contribution in [2.75, 3.05) is 39.4 Å². The van der Waals surface area contributed by atoms with Gasteiger partial charge in [-0.3, -0.25) is 14.4 Å². The van der Waals surface area contributed by atoms with Crippen LogP contribution in [0.15, 0.2) is 30.3 Å². The van der Waals surface area contributed by atoms with Crippen LogP contribution in [0.5, 0.6) is 0 Å². The predicted octanol–water partition coefficient (Wildman–Crippen LogP) is 3.56. The maximum absolute atomic E-state index is 12.6. The van der Waals surface area contributed by atoms with E-state index in [9.17, 15) is 4.79 Å². The van der Waals surface area contributed by atoms with Crippen molar-refractivity contribution in [1.29, 1.82) is 0 Å². The Hall–Kier alpha value is -1.93. The topological polar surface area (TPSA) is 59.4 Å². The third-order valence-corrected chi connectivity index (χ3v) is 6.52. The van der Waals surface area contributed by atoms with Crippen molar-refractivity contribution in [2.45, 2.75) is 19.9 Å². The van der Waals surface area contributed by atoms with Crippen molar-refractivity contribution >= 4 is 39.1 Å². The van der Waals surface area contributed by atoms with Gasteiger partial charge in [-0.25, -0.2) is 0 Å². The van der Waals surface area contributed by atoms with Gasteiger partial charge in [0.2, 0.25) is 0 Å². The molecular formula is C21H25ClN4O2S. The molecule has 1 aromatic carbocycles. The van der Waals surface area contributed by atoms with Crippen LogP contribution in [0.2, 0.25) is 5.02 Å².